The van der Waals surface area contributed by atoms with Crippen molar-refractivity contribution in [3.05, 3.63) is 35.9 Å². The van der Waals surface area contributed by atoms with E-state index in [2.05, 4.69) is 5.32 Å². The van der Waals surface area contributed by atoms with Gasteiger partial charge in [-0.05, 0) is 18.4 Å². The van der Waals surface area contributed by atoms with Gasteiger partial charge in [0, 0.05) is 19.1 Å². The van der Waals surface area contributed by atoms with Crippen LogP contribution in [0.2, 0.25) is 0 Å². The van der Waals surface area contributed by atoms with E-state index in [9.17, 15) is 14.7 Å². The molecule has 1 aliphatic heterocycles. The summed E-state index contributed by atoms with van der Waals surface area (Å²) in [4.78, 5) is 25.0. The Morgan fingerprint density at radius 3 is 2.40 bits per heavy atom. The van der Waals surface area contributed by atoms with Crippen LogP contribution in [0.4, 0.5) is 4.79 Å². The van der Waals surface area contributed by atoms with E-state index in [1.165, 1.54) is 0 Å². The smallest absolute Gasteiger partial charge is 0.330 e. The molecule has 0 radical (unpaired) electrons. The van der Waals surface area contributed by atoms with Crippen LogP contribution in [-0.4, -0.2) is 41.1 Å². The third kappa shape index (κ3) is 3.48. The molecule has 0 unspecified atom stereocenters. The average molecular weight is 277 g/mol. The van der Waals surface area contributed by atoms with E-state index in [4.69, 9.17) is 5.73 Å². The van der Waals surface area contributed by atoms with Gasteiger partial charge in [-0.1, -0.05) is 30.3 Å². The number of urea groups is 1. The van der Waals surface area contributed by atoms with Crippen LogP contribution in [-0.2, 0) is 4.79 Å². The molecule has 1 heterocycles. The first-order chi connectivity index (χ1) is 9.58. The van der Waals surface area contributed by atoms with Crippen molar-refractivity contribution < 1.29 is 14.7 Å². The van der Waals surface area contributed by atoms with Gasteiger partial charge in [0.05, 0.1) is 0 Å². The first-order valence-electron chi connectivity index (χ1n) is 6.66. The summed E-state index contributed by atoms with van der Waals surface area (Å²) in [5, 5.41) is 11.8. The molecule has 1 aliphatic rings. The minimum atomic E-state index is -1.07. The number of hydrogen-bond acceptors (Lipinski definition) is 3. The Bertz CT molecular complexity index is 470. The van der Waals surface area contributed by atoms with Crippen LogP contribution in [0.25, 0.3) is 0 Å². The number of likely N-dealkylation sites (tertiary alicyclic amines) is 1. The molecule has 0 aliphatic carbocycles. The lowest BCUT2D eigenvalue weighted by Gasteiger charge is -2.31. The molecule has 6 nitrogen and oxygen atoms in total. The number of hydrogen-bond donors (Lipinski definition) is 3. The Labute approximate surface area is 117 Å². The van der Waals surface area contributed by atoms with E-state index in [0.717, 1.165) is 12.8 Å². The lowest BCUT2D eigenvalue weighted by molar-refractivity contribution is -0.139. The summed E-state index contributed by atoms with van der Waals surface area (Å²) >= 11 is 0. The van der Waals surface area contributed by atoms with Crippen LogP contribution in [0.5, 0.6) is 0 Å². The second-order valence-electron chi connectivity index (χ2n) is 4.96. The molecule has 20 heavy (non-hydrogen) atoms. The average Bonchev–Trinajstić information content (AvgIpc) is 2.46. The molecule has 1 atom stereocenters. The van der Waals surface area contributed by atoms with Crippen LogP contribution >= 0.6 is 0 Å². The van der Waals surface area contributed by atoms with E-state index >= 15 is 0 Å². The maximum Gasteiger partial charge on any atom is 0.330 e. The maximum absolute atomic E-state index is 12.1. The van der Waals surface area contributed by atoms with E-state index in [1.54, 1.807) is 35.2 Å². The lowest BCUT2D eigenvalue weighted by Crippen LogP contribution is -2.49. The van der Waals surface area contributed by atoms with E-state index < -0.39 is 12.0 Å². The minimum absolute atomic E-state index is 0.128. The number of carbonyl (C=O) groups excluding carboxylic acids is 1. The number of benzene rings is 1. The van der Waals surface area contributed by atoms with Crippen LogP contribution in [0.3, 0.4) is 0 Å². The van der Waals surface area contributed by atoms with E-state index in [-0.39, 0.29) is 12.1 Å². The molecule has 1 aromatic rings. The van der Waals surface area contributed by atoms with Gasteiger partial charge in [-0.25, -0.2) is 9.59 Å². The largest absolute Gasteiger partial charge is 0.479 e. The summed E-state index contributed by atoms with van der Waals surface area (Å²) in [5.41, 5.74) is 6.34. The van der Waals surface area contributed by atoms with Gasteiger partial charge in [0.2, 0.25) is 0 Å². The van der Waals surface area contributed by atoms with Gasteiger partial charge in [0.1, 0.15) is 0 Å². The van der Waals surface area contributed by atoms with Crippen LogP contribution in [0.1, 0.15) is 24.4 Å². The quantitative estimate of drug-likeness (QED) is 0.766. The summed E-state index contributed by atoms with van der Waals surface area (Å²) in [7, 11) is 0. The Balaban J connectivity index is 2.02. The molecule has 4 N–H and O–H groups in total. The number of piperidine rings is 1. The van der Waals surface area contributed by atoms with Crippen molar-refractivity contribution in [2.24, 2.45) is 5.73 Å². The zero-order valence-corrected chi connectivity index (χ0v) is 11.2. The molecule has 0 bridgehead atoms. The molecular formula is C14H19N3O3. The van der Waals surface area contributed by atoms with Gasteiger partial charge >= 0.3 is 12.0 Å². The zero-order chi connectivity index (χ0) is 14.5. The van der Waals surface area contributed by atoms with Gasteiger partial charge in [0.25, 0.3) is 0 Å². The topological polar surface area (TPSA) is 95.7 Å². The lowest BCUT2D eigenvalue weighted by atomic mass is 10.1. The molecule has 0 aromatic heterocycles. The fourth-order valence-corrected chi connectivity index (χ4v) is 2.25. The number of rotatable bonds is 3. The van der Waals surface area contributed by atoms with Crippen molar-refractivity contribution in [2.75, 3.05) is 13.1 Å². The molecule has 108 valence electrons. The van der Waals surface area contributed by atoms with Gasteiger partial charge in [-0.3, -0.25) is 0 Å². The number of nitrogens with zero attached hydrogens (tertiary/aromatic N) is 1. The third-order valence-corrected chi connectivity index (χ3v) is 3.47. The van der Waals surface area contributed by atoms with Crippen LogP contribution < -0.4 is 11.1 Å². The molecular weight excluding hydrogens is 258 g/mol. The number of carboxylic acid groups (broad SMARTS) is 1. The monoisotopic (exact) mass is 277 g/mol. The summed E-state index contributed by atoms with van der Waals surface area (Å²) in [6, 6.07) is 7.41. The molecule has 1 saturated heterocycles. The Hall–Kier alpha value is -2.08. The van der Waals surface area contributed by atoms with E-state index in [1.807, 2.05) is 0 Å². The number of nitrogens with one attached hydrogen (secondary N) is 1. The minimum Gasteiger partial charge on any atom is -0.479 e. The molecule has 2 rings (SSSR count). The van der Waals surface area contributed by atoms with Crippen molar-refractivity contribution >= 4 is 12.0 Å². The molecule has 0 spiro atoms. The normalized spacial score (nSPS) is 17.6. The van der Waals surface area contributed by atoms with Crippen LogP contribution in [0.15, 0.2) is 30.3 Å². The van der Waals surface area contributed by atoms with Crippen LogP contribution in [0, 0.1) is 0 Å². The summed E-state index contributed by atoms with van der Waals surface area (Å²) in [6.07, 6.45) is 1.49. The summed E-state index contributed by atoms with van der Waals surface area (Å²) in [6.45, 7) is 1.13. The third-order valence-electron chi connectivity index (χ3n) is 3.47. The zero-order valence-electron chi connectivity index (χ0n) is 11.2. The van der Waals surface area contributed by atoms with Crippen molar-refractivity contribution in [2.45, 2.75) is 24.9 Å². The van der Waals surface area contributed by atoms with Gasteiger partial charge in [-0.15, -0.1) is 0 Å². The number of carbonyl (C=O) groups is 2. The SMILES string of the molecule is NC1CCN(C(=O)N[C@H](C(=O)O)c2ccccc2)CC1. The highest BCUT2D eigenvalue weighted by molar-refractivity contribution is 5.83. The predicted octanol–water partition coefficient (Wildman–Crippen LogP) is 0.945. The summed E-state index contributed by atoms with van der Waals surface area (Å²) in [5.74, 6) is -1.07. The second kappa shape index (κ2) is 6.38. The highest BCUT2D eigenvalue weighted by Gasteiger charge is 2.26. The predicted molar refractivity (Wildman–Crippen MR) is 74.1 cm³/mol. The highest BCUT2D eigenvalue weighted by atomic mass is 16.4. The van der Waals surface area contributed by atoms with Gasteiger partial charge < -0.3 is 21.1 Å². The Morgan fingerprint density at radius 2 is 1.85 bits per heavy atom. The first kappa shape index (κ1) is 14.3. The van der Waals surface area contributed by atoms with Gasteiger partial charge in [0.15, 0.2) is 6.04 Å². The first-order valence-corrected chi connectivity index (χ1v) is 6.66. The number of amides is 2. The number of aliphatic carboxylic acids is 1. The standard InChI is InChI=1S/C14H19N3O3/c15-11-6-8-17(9-7-11)14(20)16-12(13(18)19)10-4-2-1-3-5-10/h1-5,11-12H,6-9,15H2,(H,16,20)(H,18,19)/t12-/m0/s1. The highest BCUT2D eigenvalue weighted by Crippen LogP contribution is 2.15. The fourth-order valence-electron chi connectivity index (χ4n) is 2.25. The number of carboxylic acids is 1. The van der Waals surface area contributed by atoms with Crippen molar-refractivity contribution in [3.63, 3.8) is 0 Å². The molecule has 2 amide bonds. The number of nitrogens with two attached hydrogens (primary N) is 1. The second-order valence-corrected chi connectivity index (χ2v) is 4.96. The fraction of sp³-hybridized carbons (Fsp3) is 0.429. The van der Waals surface area contributed by atoms with Crippen molar-refractivity contribution in [1.29, 1.82) is 0 Å². The molecule has 1 fully saturated rings. The maximum atomic E-state index is 12.1. The summed E-state index contributed by atoms with van der Waals surface area (Å²) < 4.78 is 0. The van der Waals surface area contributed by atoms with Gasteiger partial charge in [-0.2, -0.15) is 0 Å². The van der Waals surface area contributed by atoms with Crippen molar-refractivity contribution in [3.8, 4) is 0 Å². The van der Waals surface area contributed by atoms with Crippen molar-refractivity contribution in [1.82, 2.24) is 10.2 Å². The van der Waals surface area contributed by atoms with E-state index in [0.29, 0.717) is 18.7 Å². The molecule has 6 heteroatoms. The molecule has 1 aromatic carbocycles. The Morgan fingerprint density at radius 1 is 1.25 bits per heavy atom. The molecule has 0 saturated carbocycles. The Kier molecular flexibility index (Phi) is 4.57.